The maximum Gasteiger partial charge on any atom is 1.00 e. The van der Waals surface area contributed by atoms with Gasteiger partial charge in [0.1, 0.15) is 63.5 Å². The van der Waals surface area contributed by atoms with Crippen LogP contribution in [0.15, 0.2) is 170 Å². The summed E-state index contributed by atoms with van der Waals surface area (Å²) in [5.41, 5.74) is -2.60. The summed E-state index contributed by atoms with van der Waals surface area (Å²) in [6, 6.07) is 42.6. The number of benzene rings is 9. The Morgan fingerprint density at radius 3 is 0.888 bits per heavy atom. The molecule has 9 aromatic carbocycles. The standard InChI is InChI=1S/C23H16F8O.C22H16BrF5.C21H17F3.C4H8O.C4H9.C2F6O3S.C2H3N.CBr2F2.Ag.FH.Li/c1-2-3-13-4-6-14(7-5-13)15-8-9-17(18(24)10-15)16-11-19(25)21(20(26)12-16)22(27,28)32-23(29,30)31;1-2-3-13-4-6-14(7-5-13)15-8-9-17(18(24)10-15)16-11-19(25)21(20(26)12-16)22(23,27)28;1-2-3-14-4-6-15(7-5-14)16-8-9-20(21(24)12-16)17-10-18(22)13-19(23)11-17;1-2-4-5-3-1;1-3-4-2;3-1(4,5)11-12(9,10)2(6,7)8;1-2-3;2-1(3,4)5;;;/h4-12H,2-3H2,1H3;4-12H,2-3H2,1H3;4-13H,2-3H2,1H3;1-4H2;1,3-4H2,2H3;;1H3;;;1H;/q;;;;-1;;;;+1;;+1/p-1. The third-order valence-corrected chi connectivity index (χ3v) is 16.1. The minimum Gasteiger partial charge on any atom is 1.00 e. The van der Waals surface area contributed by atoms with Crippen molar-refractivity contribution >= 4 is 57.9 Å². The quantitative estimate of drug-likeness (QED) is 0.0225. The van der Waals surface area contributed by atoms with Gasteiger partial charge in [-0.3, -0.25) is 0 Å². The van der Waals surface area contributed by atoms with E-state index in [4.69, 9.17) is 10.00 Å². The molecule has 6 nitrogen and oxygen atoms in total. The van der Waals surface area contributed by atoms with Crippen LogP contribution in [0.3, 0.4) is 0 Å². The molecule has 0 unspecified atom stereocenters. The van der Waals surface area contributed by atoms with E-state index in [9.17, 15) is 117 Å². The van der Waals surface area contributed by atoms with Crippen molar-refractivity contribution in [3.05, 3.63) is 257 Å². The fourth-order valence-corrected chi connectivity index (χ4v) is 10.6. The van der Waals surface area contributed by atoms with Crippen molar-refractivity contribution in [1.29, 1.82) is 5.26 Å². The van der Waals surface area contributed by atoms with Crippen LogP contribution in [-0.2, 0) is 75.6 Å². The second-order valence-corrected chi connectivity index (χ2v) is 29.1. The first-order chi connectivity index (χ1) is 53.5. The molecule has 0 spiro atoms. The van der Waals surface area contributed by atoms with Gasteiger partial charge in [-0.15, -0.1) is 26.3 Å². The molecule has 9 aromatic rings. The number of hydrogen-bond acceptors (Lipinski definition) is 6. The molecule has 0 radical (unpaired) electrons. The molecule has 1 aliphatic heterocycles. The third kappa shape index (κ3) is 38.2. The van der Waals surface area contributed by atoms with E-state index in [-0.39, 0.29) is 46.7 Å². The van der Waals surface area contributed by atoms with Crippen molar-refractivity contribution < 1.29 is 171 Å². The SMILES string of the molecule is C1CCOC1.CC#N.CCCc1ccc(-c2ccc(-c3cc(F)c(C(F)(F)Br)c(F)c3)c(F)c2)cc1.CCCc1ccc(-c2ccc(-c3cc(F)c(C(F)(F)OC(F)(F)F)c(F)c3)c(F)c2)cc1.CCCc1ccc(-c2ccc(-c3cc(F)cc(F)c3)c(F)c2)cc1.FC(F)(Br)Br.O=S(=O)(OC(F)(F)F)C(F)(F)F.[CH2-]CCC.[F][Ag].[Li+]. The van der Waals surface area contributed by atoms with Crippen molar-refractivity contribution in [2.45, 2.75) is 132 Å². The van der Waals surface area contributed by atoms with E-state index in [0.29, 0.717) is 41.0 Å². The molecule has 0 amide bonds. The molecule has 0 atom stereocenters. The first-order valence-electron chi connectivity index (χ1n) is 33.4. The molecular formula is C79H69AgBr3F25LiNO5S. The Hall–Kier alpha value is -6.67. The van der Waals surface area contributed by atoms with Gasteiger partial charge in [0.25, 0.3) is 0 Å². The van der Waals surface area contributed by atoms with Crippen molar-refractivity contribution in [2.24, 2.45) is 0 Å². The van der Waals surface area contributed by atoms with Crippen molar-refractivity contribution in [1.82, 2.24) is 0 Å². The van der Waals surface area contributed by atoms with E-state index in [0.717, 1.165) is 105 Å². The first kappa shape index (κ1) is 107. The molecule has 634 valence electrons. The maximum atomic E-state index is 14.7. The molecule has 0 N–H and O–H groups in total. The predicted octanol–water partition coefficient (Wildman–Crippen LogP) is 26.3. The van der Waals surface area contributed by atoms with E-state index in [1.54, 1.807) is 36.4 Å². The largest absolute Gasteiger partial charge is 1.00 e. The molecule has 1 saturated heterocycles. The van der Waals surface area contributed by atoms with Gasteiger partial charge in [-0.05, 0) is 169 Å². The van der Waals surface area contributed by atoms with Gasteiger partial charge in [0.15, 0.2) is 0 Å². The maximum absolute atomic E-state index is 14.7. The number of rotatable bonds is 17. The van der Waals surface area contributed by atoms with Crippen LogP contribution in [0.5, 0.6) is 0 Å². The summed E-state index contributed by atoms with van der Waals surface area (Å²) < 4.78 is 340. The van der Waals surface area contributed by atoms with Gasteiger partial charge in [-0.1, -0.05) is 163 Å². The summed E-state index contributed by atoms with van der Waals surface area (Å²) >= 11 is 7.31. The molecule has 10 rings (SSSR count). The van der Waals surface area contributed by atoms with Gasteiger partial charge in [0.05, 0.1) is 6.07 Å². The second kappa shape index (κ2) is 50.4. The predicted molar refractivity (Wildman–Crippen MR) is 395 cm³/mol. The number of halogens is 28. The number of ether oxygens (including phenoxy) is 2. The molecule has 1 aliphatic rings. The van der Waals surface area contributed by atoms with Crippen LogP contribution in [0.2, 0.25) is 0 Å². The van der Waals surface area contributed by atoms with Crippen LogP contribution in [0.1, 0.15) is 107 Å². The van der Waals surface area contributed by atoms with Gasteiger partial charge in [-0.2, -0.15) is 63.8 Å². The molecular weight excluding hydrogens is 1900 g/mol. The number of hydrogen-bond donors (Lipinski definition) is 0. The molecule has 0 bridgehead atoms. The van der Waals surface area contributed by atoms with Gasteiger partial charge in [0, 0.05) is 74.8 Å². The summed E-state index contributed by atoms with van der Waals surface area (Å²) in [4.78, 5) is -3.86. The van der Waals surface area contributed by atoms with Crippen LogP contribution >= 0.6 is 47.8 Å². The Morgan fingerprint density at radius 2 is 0.681 bits per heavy atom. The normalized spacial score (nSPS) is 11.9. The van der Waals surface area contributed by atoms with Crippen LogP contribution < -0.4 is 18.9 Å². The average molecular weight is 1970 g/mol. The molecule has 116 heavy (non-hydrogen) atoms. The molecule has 0 aliphatic carbocycles. The van der Waals surface area contributed by atoms with Gasteiger partial charge in [0.2, 0.25) is 0 Å². The summed E-state index contributed by atoms with van der Waals surface area (Å²) in [6.45, 7) is 15.4. The van der Waals surface area contributed by atoms with Crippen LogP contribution in [0.25, 0.3) is 66.8 Å². The number of nitrogens with zero attached hydrogens (tertiary/aromatic N) is 1. The summed E-state index contributed by atoms with van der Waals surface area (Å²) in [5.74, 6) is -10.5. The summed E-state index contributed by atoms with van der Waals surface area (Å²) in [6.07, 6.45) is -6.27. The minimum absolute atomic E-state index is 0. The Balaban J connectivity index is 0.000000736. The molecule has 1 fully saturated rings. The molecule has 0 saturated carbocycles. The van der Waals surface area contributed by atoms with Crippen molar-refractivity contribution in [2.75, 3.05) is 13.2 Å². The van der Waals surface area contributed by atoms with Crippen LogP contribution in [0, 0.1) is 70.6 Å². The smallest absolute Gasteiger partial charge is 1.00 e. The zero-order chi connectivity index (χ0) is 87.6. The second-order valence-electron chi connectivity index (χ2n) is 23.5. The fraction of sp³-hybridized carbons (Fsp3) is 0.291. The van der Waals surface area contributed by atoms with Gasteiger partial charge < -0.3 is 11.7 Å². The zero-order valence-corrected chi connectivity index (χ0v) is 68.7. The van der Waals surface area contributed by atoms with E-state index >= 15 is 0 Å². The zero-order valence-electron chi connectivity index (χ0n) is 61.6. The Bertz CT molecular complexity index is 4560. The summed E-state index contributed by atoms with van der Waals surface area (Å²) in [5, 5.41) is 7.32. The van der Waals surface area contributed by atoms with Crippen molar-refractivity contribution in [3.63, 3.8) is 0 Å². The van der Waals surface area contributed by atoms with Crippen LogP contribution in [0.4, 0.5) is 108 Å². The molecule has 37 heteroatoms. The van der Waals surface area contributed by atoms with Gasteiger partial charge in [-0.25, -0.2) is 44.3 Å². The monoisotopic (exact) mass is 1970 g/mol. The van der Waals surface area contributed by atoms with E-state index in [1.807, 2.05) is 120 Å². The Kier molecular flexibility index (Phi) is 46.6. The average Bonchev–Trinajstić information content (AvgIpc) is 1.44. The first-order valence-corrected chi connectivity index (χ1v) is 37.8. The topological polar surface area (TPSA) is 85.6 Å². The third-order valence-electron chi connectivity index (χ3n) is 14.8. The Morgan fingerprint density at radius 1 is 0.422 bits per heavy atom. The van der Waals surface area contributed by atoms with E-state index in [2.05, 4.69) is 32.4 Å². The minimum atomic E-state index is -6.58. The Labute approximate surface area is 703 Å². The van der Waals surface area contributed by atoms with Crippen molar-refractivity contribution in [3.8, 4) is 72.8 Å². The van der Waals surface area contributed by atoms with Gasteiger partial charge >= 0.3 is 86.5 Å². The number of aryl methyl sites for hydroxylation is 3. The molecule has 0 aromatic heterocycles. The fourth-order valence-electron chi connectivity index (χ4n) is 9.84. The van der Waals surface area contributed by atoms with Crippen LogP contribution in [-0.4, -0.2) is 43.6 Å². The van der Waals surface area contributed by atoms with E-state index < -0.39 is 112 Å². The number of unbranched alkanes of at least 4 members (excludes halogenated alkanes) is 1. The number of nitriles is 1. The van der Waals surface area contributed by atoms with E-state index in [1.165, 1.54) is 89.3 Å². The summed E-state index contributed by atoms with van der Waals surface area (Å²) in [7, 11) is -6.58. The number of alkyl halides is 18. The molecule has 1 heterocycles.